The highest BCUT2D eigenvalue weighted by Crippen LogP contribution is 2.30. The van der Waals surface area contributed by atoms with Crippen molar-refractivity contribution in [2.45, 2.75) is 51.1 Å². The van der Waals surface area contributed by atoms with Gasteiger partial charge in [0.25, 0.3) is 0 Å². The van der Waals surface area contributed by atoms with Crippen LogP contribution < -0.4 is 14.9 Å². The SMILES string of the molecule is CCC(=O)N1CCc2cc(S(=O)(=O)N[C@@H](C(=O)NCc3ccccc3Cl)C(C)C)ccc21. The van der Waals surface area contributed by atoms with Gasteiger partial charge in [-0.05, 0) is 47.7 Å². The molecule has 0 saturated carbocycles. The fraction of sp³-hybridized carbons (Fsp3) is 0.391. The van der Waals surface area contributed by atoms with Crippen LogP contribution in [0.4, 0.5) is 5.69 Å². The third-order valence-corrected chi connectivity index (χ3v) is 7.31. The number of nitrogens with zero attached hydrogens (tertiary/aromatic N) is 1. The van der Waals surface area contributed by atoms with Crippen molar-refractivity contribution in [3.05, 3.63) is 58.6 Å². The molecule has 3 rings (SSSR count). The molecule has 0 radical (unpaired) electrons. The minimum Gasteiger partial charge on any atom is -0.351 e. The van der Waals surface area contributed by atoms with E-state index in [-0.39, 0.29) is 23.3 Å². The Morgan fingerprint density at radius 3 is 2.53 bits per heavy atom. The number of nitrogens with one attached hydrogen (secondary N) is 2. The summed E-state index contributed by atoms with van der Waals surface area (Å²) in [4.78, 5) is 26.6. The van der Waals surface area contributed by atoms with Gasteiger partial charge in [0.05, 0.1) is 4.90 Å². The summed E-state index contributed by atoms with van der Waals surface area (Å²) in [6.45, 7) is 6.09. The second-order valence-corrected chi connectivity index (χ2v) is 10.2. The Bertz CT molecular complexity index is 1120. The molecule has 0 aliphatic carbocycles. The molecule has 9 heteroatoms. The van der Waals surface area contributed by atoms with Crippen LogP contribution in [0.2, 0.25) is 5.02 Å². The van der Waals surface area contributed by atoms with E-state index in [1.54, 1.807) is 56.0 Å². The summed E-state index contributed by atoms with van der Waals surface area (Å²) in [7, 11) is -3.95. The maximum Gasteiger partial charge on any atom is 0.241 e. The molecule has 0 saturated heterocycles. The molecule has 1 atom stereocenters. The van der Waals surface area contributed by atoms with Crippen LogP contribution in [-0.4, -0.2) is 32.8 Å². The largest absolute Gasteiger partial charge is 0.351 e. The highest BCUT2D eigenvalue weighted by molar-refractivity contribution is 7.89. The molecule has 0 bridgehead atoms. The van der Waals surface area contributed by atoms with Crippen LogP contribution >= 0.6 is 11.6 Å². The lowest BCUT2D eigenvalue weighted by Crippen LogP contribution is -2.49. The summed E-state index contributed by atoms with van der Waals surface area (Å²) in [5.41, 5.74) is 2.30. The fourth-order valence-electron chi connectivity index (χ4n) is 3.66. The highest BCUT2D eigenvalue weighted by Gasteiger charge is 2.30. The molecular formula is C23H28ClN3O4S. The molecule has 2 N–H and O–H groups in total. The topological polar surface area (TPSA) is 95.6 Å². The van der Waals surface area contributed by atoms with Crippen LogP contribution in [0.5, 0.6) is 0 Å². The minimum atomic E-state index is -3.95. The Kier molecular flexibility index (Phi) is 7.59. The van der Waals surface area contributed by atoms with E-state index in [0.717, 1.165) is 16.8 Å². The average molecular weight is 478 g/mol. The predicted octanol–water partition coefficient (Wildman–Crippen LogP) is 3.26. The Morgan fingerprint density at radius 1 is 1.16 bits per heavy atom. The number of halogens is 1. The van der Waals surface area contributed by atoms with E-state index in [9.17, 15) is 18.0 Å². The summed E-state index contributed by atoms with van der Waals surface area (Å²) in [5, 5.41) is 3.30. The first-order chi connectivity index (χ1) is 15.1. The Hall–Kier alpha value is -2.42. The first-order valence-electron chi connectivity index (χ1n) is 10.6. The van der Waals surface area contributed by atoms with Gasteiger partial charge in [0.2, 0.25) is 21.8 Å². The van der Waals surface area contributed by atoms with Crippen LogP contribution in [0.1, 0.15) is 38.3 Å². The molecular weight excluding hydrogens is 450 g/mol. The lowest BCUT2D eigenvalue weighted by molar-refractivity contribution is -0.123. The normalized spacial score (nSPS) is 14.3. The number of benzene rings is 2. The molecule has 7 nitrogen and oxygen atoms in total. The molecule has 0 aromatic heterocycles. The van der Waals surface area contributed by atoms with Crippen molar-refractivity contribution in [1.29, 1.82) is 0 Å². The average Bonchev–Trinajstić information content (AvgIpc) is 3.19. The number of rotatable bonds is 8. The molecule has 32 heavy (non-hydrogen) atoms. The van der Waals surface area contributed by atoms with Gasteiger partial charge >= 0.3 is 0 Å². The fourth-order valence-corrected chi connectivity index (χ4v) is 5.25. The van der Waals surface area contributed by atoms with Crippen molar-refractivity contribution in [2.75, 3.05) is 11.4 Å². The lowest BCUT2D eigenvalue weighted by atomic mass is 10.0. The van der Waals surface area contributed by atoms with Crippen LogP contribution in [0.25, 0.3) is 0 Å². The van der Waals surface area contributed by atoms with E-state index >= 15 is 0 Å². The van der Waals surface area contributed by atoms with Gasteiger partial charge in [0.1, 0.15) is 6.04 Å². The smallest absolute Gasteiger partial charge is 0.241 e. The number of sulfonamides is 1. The molecule has 0 spiro atoms. The third-order valence-electron chi connectivity index (χ3n) is 5.50. The maximum atomic E-state index is 13.1. The Balaban J connectivity index is 1.75. The molecule has 2 amide bonds. The number of carbonyl (C=O) groups is 2. The summed E-state index contributed by atoms with van der Waals surface area (Å²) >= 11 is 6.13. The Labute approximate surface area is 194 Å². The lowest BCUT2D eigenvalue weighted by Gasteiger charge is -2.22. The van der Waals surface area contributed by atoms with Gasteiger partial charge in [-0.1, -0.05) is 50.6 Å². The van der Waals surface area contributed by atoms with Gasteiger partial charge in [-0.3, -0.25) is 9.59 Å². The van der Waals surface area contributed by atoms with Gasteiger partial charge in [-0.25, -0.2) is 8.42 Å². The summed E-state index contributed by atoms with van der Waals surface area (Å²) < 4.78 is 28.7. The quantitative estimate of drug-likeness (QED) is 0.610. The number of anilines is 1. The molecule has 2 aromatic rings. The second-order valence-electron chi connectivity index (χ2n) is 8.09. The van der Waals surface area contributed by atoms with Crippen molar-refractivity contribution in [1.82, 2.24) is 10.0 Å². The van der Waals surface area contributed by atoms with Crippen LogP contribution in [-0.2, 0) is 32.6 Å². The van der Waals surface area contributed by atoms with Crippen molar-refractivity contribution in [3.8, 4) is 0 Å². The molecule has 1 aliphatic rings. The van der Waals surface area contributed by atoms with Crippen molar-refractivity contribution >= 4 is 39.1 Å². The maximum absolute atomic E-state index is 13.1. The molecule has 0 fully saturated rings. The first kappa shape index (κ1) is 24.2. The summed E-state index contributed by atoms with van der Waals surface area (Å²) in [5.74, 6) is -0.694. The third kappa shape index (κ3) is 5.31. The van der Waals surface area contributed by atoms with E-state index in [1.165, 1.54) is 6.07 Å². The van der Waals surface area contributed by atoms with Crippen LogP contribution in [0, 0.1) is 5.92 Å². The molecule has 172 valence electrons. The van der Waals surface area contributed by atoms with E-state index in [1.807, 2.05) is 6.07 Å². The van der Waals surface area contributed by atoms with Gasteiger partial charge < -0.3 is 10.2 Å². The second kappa shape index (κ2) is 10.0. The van der Waals surface area contributed by atoms with Crippen molar-refractivity contribution in [3.63, 3.8) is 0 Å². The zero-order valence-electron chi connectivity index (χ0n) is 18.4. The Morgan fingerprint density at radius 2 is 1.88 bits per heavy atom. The number of hydrogen-bond donors (Lipinski definition) is 2. The van der Waals surface area contributed by atoms with E-state index in [0.29, 0.717) is 24.4 Å². The number of hydrogen-bond acceptors (Lipinski definition) is 4. The number of amides is 2. The minimum absolute atomic E-state index is 0.00699. The molecule has 2 aromatic carbocycles. The zero-order chi connectivity index (χ0) is 23.5. The molecule has 0 unspecified atom stereocenters. The predicted molar refractivity (Wildman–Crippen MR) is 125 cm³/mol. The van der Waals surface area contributed by atoms with E-state index in [4.69, 9.17) is 11.6 Å². The summed E-state index contributed by atoms with van der Waals surface area (Å²) in [6, 6.07) is 10.9. The van der Waals surface area contributed by atoms with Gasteiger partial charge in [0.15, 0.2) is 0 Å². The van der Waals surface area contributed by atoms with Gasteiger partial charge in [-0.15, -0.1) is 0 Å². The molecule has 1 heterocycles. The first-order valence-corrected chi connectivity index (χ1v) is 12.5. The van der Waals surface area contributed by atoms with Gasteiger partial charge in [-0.2, -0.15) is 4.72 Å². The van der Waals surface area contributed by atoms with Crippen molar-refractivity contribution < 1.29 is 18.0 Å². The van der Waals surface area contributed by atoms with E-state index < -0.39 is 22.0 Å². The van der Waals surface area contributed by atoms with Crippen LogP contribution in [0.15, 0.2) is 47.4 Å². The highest BCUT2D eigenvalue weighted by atomic mass is 35.5. The van der Waals surface area contributed by atoms with E-state index in [2.05, 4.69) is 10.0 Å². The monoisotopic (exact) mass is 477 g/mol. The van der Waals surface area contributed by atoms with Gasteiger partial charge in [0, 0.05) is 30.2 Å². The van der Waals surface area contributed by atoms with Crippen LogP contribution in [0.3, 0.4) is 0 Å². The summed E-state index contributed by atoms with van der Waals surface area (Å²) in [6.07, 6.45) is 0.983. The zero-order valence-corrected chi connectivity index (χ0v) is 20.0. The molecule has 1 aliphatic heterocycles. The number of carbonyl (C=O) groups excluding carboxylic acids is 2. The standard InChI is InChI=1S/C23H28ClN3O4S/c1-4-21(28)27-12-11-16-13-18(9-10-20(16)27)32(30,31)26-22(15(2)3)23(29)25-14-17-7-5-6-8-19(17)24/h5-10,13,15,22,26H,4,11-12,14H2,1-3H3,(H,25,29)/t22-/m1/s1. The van der Waals surface area contributed by atoms with Crippen molar-refractivity contribution in [2.24, 2.45) is 5.92 Å². The number of fused-ring (bicyclic) bond motifs is 1.